The van der Waals surface area contributed by atoms with Crippen LogP contribution in [0.2, 0.25) is 5.15 Å². The Bertz CT molecular complexity index is 496. The van der Waals surface area contributed by atoms with Crippen molar-refractivity contribution in [3.05, 3.63) is 16.4 Å². The molecule has 104 valence electrons. The number of Topliss-reactive ketones (excluding diaryl/α,β-unsaturated/α-hetero) is 1. The topological polar surface area (TPSA) is 87.3 Å². The predicted molar refractivity (Wildman–Crippen MR) is 70.0 cm³/mol. The fourth-order valence-electron chi connectivity index (χ4n) is 2.05. The molecule has 0 saturated carbocycles. The number of nitrogen functional groups attached to an aromatic ring is 1. The van der Waals surface area contributed by atoms with E-state index in [1.807, 2.05) is 13.8 Å². The van der Waals surface area contributed by atoms with Gasteiger partial charge in [-0.25, -0.2) is 9.97 Å². The molecule has 6 nitrogen and oxygen atoms in total. The highest BCUT2D eigenvalue weighted by atomic mass is 35.5. The second-order valence-corrected chi connectivity index (χ2v) is 5.27. The number of rotatable bonds is 3. The molecule has 7 heteroatoms. The van der Waals surface area contributed by atoms with Gasteiger partial charge >= 0.3 is 0 Å². The summed E-state index contributed by atoms with van der Waals surface area (Å²) >= 11 is 5.95. The van der Waals surface area contributed by atoms with Gasteiger partial charge in [-0.1, -0.05) is 11.6 Å². The maximum Gasteiger partial charge on any atom is 0.221 e. The highest BCUT2D eigenvalue weighted by Crippen LogP contribution is 2.26. The average molecular weight is 286 g/mol. The molecule has 2 N–H and O–H groups in total. The Morgan fingerprint density at radius 3 is 2.74 bits per heavy atom. The van der Waals surface area contributed by atoms with E-state index >= 15 is 0 Å². The number of ketones is 1. The Morgan fingerprint density at radius 1 is 1.53 bits per heavy atom. The molecule has 1 aromatic heterocycles. The van der Waals surface area contributed by atoms with Gasteiger partial charge < -0.3 is 15.2 Å². The van der Waals surface area contributed by atoms with Crippen LogP contribution in [-0.2, 0) is 9.47 Å². The number of anilines is 1. The molecule has 1 aliphatic rings. The van der Waals surface area contributed by atoms with Crippen LogP contribution in [0.25, 0.3) is 0 Å². The van der Waals surface area contributed by atoms with Crippen molar-refractivity contribution in [3.8, 4) is 0 Å². The monoisotopic (exact) mass is 285 g/mol. The van der Waals surface area contributed by atoms with Gasteiger partial charge in [-0.05, 0) is 20.8 Å². The molecule has 0 spiro atoms. The molecule has 1 saturated heterocycles. The number of halogens is 1. The molecule has 1 atom stereocenters. The van der Waals surface area contributed by atoms with Crippen LogP contribution in [0.4, 0.5) is 5.95 Å². The smallest absolute Gasteiger partial charge is 0.221 e. The number of ether oxygens (including phenoxy) is 2. The van der Waals surface area contributed by atoms with Crippen molar-refractivity contribution in [1.29, 1.82) is 0 Å². The van der Waals surface area contributed by atoms with Gasteiger partial charge in [-0.2, -0.15) is 0 Å². The number of nitrogens with two attached hydrogens (primary N) is 1. The van der Waals surface area contributed by atoms with Crippen molar-refractivity contribution in [2.75, 3.05) is 12.3 Å². The third-order valence-corrected chi connectivity index (χ3v) is 3.10. The van der Waals surface area contributed by atoms with E-state index in [0.717, 1.165) is 0 Å². The fraction of sp³-hybridized carbons (Fsp3) is 0.583. The third kappa shape index (κ3) is 3.20. The standard InChI is InChI=1S/C12H16ClN3O3/c1-6-9(10(13)16-11(14)15-6)8(17)4-7-5-18-12(2,3)19-7/h7H,4-5H2,1-3H3,(H2,14,15,16). The van der Waals surface area contributed by atoms with E-state index in [1.165, 1.54) is 0 Å². The molecule has 0 amide bonds. The van der Waals surface area contributed by atoms with E-state index < -0.39 is 5.79 Å². The number of aromatic nitrogens is 2. The van der Waals surface area contributed by atoms with E-state index in [0.29, 0.717) is 17.9 Å². The third-order valence-electron chi connectivity index (χ3n) is 2.82. The van der Waals surface area contributed by atoms with Crippen molar-refractivity contribution in [1.82, 2.24) is 9.97 Å². The van der Waals surface area contributed by atoms with Gasteiger partial charge in [0.05, 0.1) is 24.0 Å². The number of aryl methyl sites for hydroxylation is 1. The average Bonchev–Trinajstić information content (AvgIpc) is 2.56. The number of carbonyl (C=O) groups is 1. The first-order valence-corrected chi connectivity index (χ1v) is 6.31. The minimum atomic E-state index is -0.651. The molecule has 2 rings (SSSR count). The number of nitrogens with zero attached hydrogens (tertiary/aromatic N) is 2. The lowest BCUT2D eigenvalue weighted by atomic mass is 10.1. The van der Waals surface area contributed by atoms with Crippen molar-refractivity contribution in [3.63, 3.8) is 0 Å². The Hall–Kier alpha value is -1.24. The zero-order valence-electron chi connectivity index (χ0n) is 11.1. The Kier molecular flexibility index (Phi) is 3.75. The highest BCUT2D eigenvalue weighted by molar-refractivity contribution is 6.33. The summed E-state index contributed by atoms with van der Waals surface area (Å²) in [6.07, 6.45) is -0.104. The summed E-state index contributed by atoms with van der Waals surface area (Å²) < 4.78 is 11.0. The number of carbonyl (C=O) groups excluding carboxylic acids is 1. The minimum Gasteiger partial charge on any atom is -0.368 e. The van der Waals surface area contributed by atoms with Crippen LogP contribution < -0.4 is 5.73 Å². The summed E-state index contributed by atoms with van der Waals surface area (Å²) in [5.74, 6) is -0.768. The molecule has 0 aromatic carbocycles. The molecule has 0 bridgehead atoms. The lowest BCUT2D eigenvalue weighted by Crippen LogP contribution is -2.23. The van der Waals surface area contributed by atoms with Gasteiger partial charge in [-0.15, -0.1) is 0 Å². The molecule has 2 heterocycles. The van der Waals surface area contributed by atoms with Gasteiger partial charge in [0.15, 0.2) is 11.6 Å². The van der Waals surface area contributed by atoms with Crippen LogP contribution in [0, 0.1) is 6.92 Å². The summed E-state index contributed by atoms with van der Waals surface area (Å²) in [6.45, 7) is 5.67. The van der Waals surface area contributed by atoms with Crippen molar-refractivity contribution in [2.45, 2.75) is 39.1 Å². The highest BCUT2D eigenvalue weighted by Gasteiger charge is 2.34. The zero-order chi connectivity index (χ0) is 14.2. The molecule has 1 aromatic rings. The first-order chi connectivity index (χ1) is 8.78. The number of hydrogen-bond donors (Lipinski definition) is 1. The first-order valence-electron chi connectivity index (χ1n) is 5.93. The van der Waals surface area contributed by atoms with Crippen LogP contribution in [0.15, 0.2) is 0 Å². The van der Waals surface area contributed by atoms with Crippen molar-refractivity contribution in [2.24, 2.45) is 0 Å². The minimum absolute atomic E-state index is 0.0561. The molecule has 19 heavy (non-hydrogen) atoms. The molecule has 1 aliphatic heterocycles. The van der Waals surface area contributed by atoms with Gasteiger partial charge in [-0.3, -0.25) is 4.79 Å². The van der Waals surface area contributed by atoms with E-state index in [2.05, 4.69) is 9.97 Å². The summed E-state index contributed by atoms with van der Waals surface area (Å²) in [7, 11) is 0. The maximum absolute atomic E-state index is 12.2. The Morgan fingerprint density at radius 2 is 2.21 bits per heavy atom. The van der Waals surface area contributed by atoms with Crippen LogP contribution in [-0.4, -0.2) is 34.2 Å². The SMILES string of the molecule is Cc1nc(N)nc(Cl)c1C(=O)CC1COC(C)(C)O1. The summed E-state index contributed by atoms with van der Waals surface area (Å²) in [5, 5.41) is 0.0770. The molecular weight excluding hydrogens is 270 g/mol. The molecule has 1 unspecified atom stereocenters. The normalized spacial score (nSPS) is 21.6. The quantitative estimate of drug-likeness (QED) is 0.672. The summed E-state index contributed by atoms with van der Waals surface area (Å²) in [6, 6.07) is 0. The first kappa shape index (κ1) is 14.2. The molecule has 0 radical (unpaired) electrons. The molecule has 0 aliphatic carbocycles. The Balaban J connectivity index is 2.13. The summed E-state index contributed by atoms with van der Waals surface area (Å²) in [5.41, 5.74) is 6.23. The van der Waals surface area contributed by atoms with Crippen LogP contribution in [0.3, 0.4) is 0 Å². The van der Waals surface area contributed by atoms with Gasteiger partial charge in [0, 0.05) is 6.42 Å². The molecule has 1 fully saturated rings. The lowest BCUT2D eigenvalue weighted by molar-refractivity contribution is -0.137. The summed E-state index contributed by atoms with van der Waals surface area (Å²) in [4.78, 5) is 20.0. The maximum atomic E-state index is 12.2. The zero-order valence-corrected chi connectivity index (χ0v) is 11.8. The Labute approximate surface area is 116 Å². The fourth-order valence-corrected chi connectivity index (χ4v) is 2.38. The second-order valence-electron chi connectivity index (χ2n) is 4.91. The largest absolute Gasteiger partial charge is 0.368 e. The van der Waals surface area contributed by atoms with Crippen molar-refractivity contribution >= 4 is 23.3 Å². The van der Waals surface area contributed by atoms with Gasteiger partial charge in [0.25, 0.3) is 0 Å². The molecular formula is C12H16ClN3O3. The number of hydrogen-bond acceptors (Lipinski definition) is 6. The van der Waals surface area contributed by atoms with Gasteiger partial charge in [0.2, 0.25) is 5.95 Å². The van der Waals surface area contributed by atoms with E-state index in [4.69, 9.17) is 26.8 Å². The van der Waals surface area contributed by atoms with E-state index in [9.17, 15) is 4.79 Å². The van der Waals surface area contributed by atoms with Crippen molar-refractivity contribution < 1.29 is 14.3 Å². The van der Waals surface area contributed by atoms with E-state index in [1.54, 1.807) is 6.92 Å². The van der Waals surface area contributed by atoms with Gasteiger partial charge in [0.1, 0.15) is 5.15 Å². The predicted octanol–water partition coefficient (Wildman–Crippen LogP) is 1.74. The second kappa shape index (κ2) is 5.03. The van der Waals surface area contributed by atoms with E-state index in [-0.39, 0.29) is 29.4 Å². The lowest BCUT2D eigenvalue weighted by Gasteiger charge is -2.17. The van der Waals surface area contributed by atoms with Crippen LogP contribution in [0.1, 0.15) is 36.3 Å². The van der Waals surface area contributed by atoms with Crippen LogP contribution >= 0.6 is 11.6 Å². The van der Waals surface area contributed by atoms with Crippen LogP contribution in [0.5, 0.6) is 0 Å².